The summed E-state index contributed by atoms with van der Waals surface area (Å²) in [5.41, 5.74) is 0. The molecule has 1 heterocycles. The quantitative estimate of drug-likeness (QED) is 0.609. The summed E-state index contributed by atoms with van der Waals surface area (Å²) in [6.07, 6.45) is 0.936. The molecule has 0 aromatic carbocycles. The predicted octanol–water partition coefficient (Wildman–Crippen LogP) is 0.120. The van der Waals surface area contributed by atoms with Crippen LogP contribution in [0.3, 0.4) is 0 Å². The Hall–Kier alpha value is -0.570. The largest absolute Gasteiger partial charge is 0.355 e. The minimum absolute atomic E-state index is 0.0670. The van der Waals surface area contributed by atoms with Crippen molar-refractivity contribution in [3.63, 3.8) is 0 Å². The maximum absolute atomic E-state index is 11.0. The summed E-state index contributed by atoms with van der Waals surface area (Å²) in [4.78, 5) is 11.0. The minimum Gasteiger partial charge on any atom is -0.355 e. The molecule has 0 aromatic heterocycles. The number of hydrogen-bond donors (Lipinski definition) is 2. The highest BCUT2D eigenvalue weighted by molar-refractivity contribution is 5.83. The van der Waals surface area contributed by atoms with Gasteiger partial charge in [0.2, 0.25) is 5.91 Å². The zero-order chi connectivity index (χ0) is 8.27. The molecule has 3 nitrogen and oxygen atoms in total. The van der Waals surface area contributed by atoms with Crippen molar-refractivity contribution in [1.29, 1.82) is 0 Å². The summed E-state index contributed by atoms with van der Waals surface area (Å²) in [5, 5.41) is 6.01. The number of nitrogens with one attached hydrogen (secondary N) is 2. The fourth-order valence-corrected chi connectivity index (χ4v) is 1.17. The maximum Gasteiger partial charge on any atom is 0.237 e. The third-order valence-electron chi connectivity index (χ3n) is 1.82. The Morgan fingerprint density at radius 1 is 1.73 bits per heavy atom. The first kappa shape index (κ1) is 8.53. The molecule has 11 heavy (non-hydrogen) atoms. The molecule has 0 spiro atoms. The number of amides is 1. The van der Waals surface area contributed by atoms with Crippen LogP contribution in [0.25, 0.3) is 0 Å². The molecule has 0 unspecified atom stereocenters. The molecule has 0 saturated carbocycles. The molecule has 1 rings (SSSR count). The second-order valence-corrected chi connectivity index (χ2v) is 3.43. The topological polar surface area (TPSA) is 41.1 Å². The van der Waals surface area contributed by atoms with Crippen LogP contribution in [0.1, 0.15) is 20.3 Å². The van der Waals surface area contributed by atoms with Gasteiger partial charge in [0.25, 0.3) is 0 Å². The van der Waals surface area contributed by atoms with Crippen LogP contribution >= 0.6 is 0 Å². The standard InChI is InChI=1S/C8H16N2O/c1-6(2)5-10-7-3-4-9-8(7)11/h6-7,10H,3-5H2,1-2H3,(H,9,11)/t7-/m0/s1. The highest BCUT2D eigenvalue weighted by Gasteiger charge is 2.22. The summed E-state index contributed by atoms with van der Waals surface area (Å²) >= 11 is 0. The van der Waals surface area contributed by atoms with Crippen molar-refractivity contribution in [2.24, 2.45) is 5.92 Å². The normalized spacial score (nSPS) is 24.3. The molecule has 1 aliphatic heterocycles. The van der Waals surface area contributed by atoms with E-state index in [1.165, 1.54) is 0 Å². The van der Waals surface area contributed by atoms with Crippen molar-refractivity contribution in [1.82, 2.24) is 10.6 Å². The van der Waals surface area contributed by atoms with Crippen molar-refractivity contribution in [2.75, 3.05) is 13.1 Å². The van der Waals surface area contributed by atoms with Gasteiger partial charge in [-0.05, 0) is 18.9 Å². The van der Waals surface area contributed by atoms with Gasteiger partial charge < -0.3 is 10.6 Å². The van der Waals surface area contributed by atoms with Crippen LogP contribution in [-0.4, -0.2) is 25.0 Å². The molecule has 0 bridgehead atoms. The lowest BCUT2D eigenvalue weighted by molar-refractivity contribution is -0.120. The molecule has 1 fully saturated rings. The Balaban J connectivity index is 2.20. The first-order valence-electron chi connectivity index (χ1n) is 4.21. The van der Waals surface area contributed by atoms with E-state index in [0.29, 0.717) is 5.92 Å². The van der Waals surface area contributed by atoms with Crippen molar-refractivity contribution < 1.29 is 4.79 Å². The Morgan fingerprint density at radius 2 is 2.45 bits per heavy atom. The number of rotatable bonds is 3. The van der Waals surface area contributed by atoms with Crippen LogP contribution in [0.15, 0.2) is 0 Å². The van der Waals surface area contributed by atoms with E-state index in [9.17, 15) is 4.79 Å². The van der Waals surface area contributed by atoms with E-state index in [2.05, 4.69) is 24.5 Å². The molecule has 0 radical (unpaired) electrons. The number of carbonyl (C=O) groups is 1. The predicted molar refractivity (Wildman–Crippen MR) is 44.3 cm³/mol. The van der Waals surface area contributed by atoms with E-state index in [4.69, 9.17) is 0 Å². The van der Waals surface area contributed by atoms with Crippen LogP contribution in [-0.2, 0) is 4.79 Å². The molecule has 1 aliphatic rings. The molecule has 0 aromatic rings. The van der Waals surface area contributed by atoms with E-state index in [1.807, 2.05) is 0 Å². The maximum atomic E-state index is 11.0. The summed E-state index contributed by atoms with van der Waals surface area (Å²) in [7, 11) is 0. The first-order chi connectivity index (χ1) is 5.20. The van der Waals surface area contributed by atoms with E-state index in [0.717, 1.165) is 19.5 Å². The van der Waals surface area contributed by atoms with Crippen molar-refractivity contribution >= 4 is 5.91 Å². The molecule has 1 saturated heterocycles. The number of hydrogen-bond acceptors (Lipinski definition) is 2. The Kier molecular flexibility index (Phi) is 2.88. The van der Waals surface area contributed by atoms with Gasteiger partial charge in [-0.1, -0.05) is 13.8 Å². The van der Waals surface area contributed by atoms with E-state index >= 15 is 0 Å². The van der Waals surface area contributed by atoms with Gasteiger partial charge >= 0.3 is 0 Å². The monoisotopic (exact) mass is 156 g/mol. The lowest BCUT2D eigenvalue weighted by Gasteiger charge is -2.11. The Bertz CT molecular complexity index is 145. The lowest BCUT2D eigenvalue weighted by Crippen LogP contribution is -2.38. The summed E-state index contributed by atoms with van der Waals surface area (Å²) in [6.45, 7) is 6.03. The van der Waals surface area contributed by atoms with Crippen LogP contribution in [0.5, 0.6) is 0 Å². The molecular weight excluding hydrogens is 140 g/mol. The van der Waals surface area contributed by atoms with Gasteiger partial charge in [-0.15, -0.1) is 0 Å². The average molecular weight is 156 g/mol. The zero-order valence-corrected chi connectivity index (χ0v) is 7.18. The lowest BCUT2D eigenvalue weighted by atomic mass is 10.2. The molecule has 0 aliphatic carbocycles. The molecule has 3 heteroatoms. The molecule has 1 atom stereocenters. The zero-order valence-electron chi connectivity index (χ0n) is 7.18. The molecule has 1 amide bonds. The van der Waals surface area contributed by atoms with Gasteiger partial charge in [0.1, 0.15) is 0 Å². The smallest absolute Gasteiger partial charge is 0.237 e. The highest BCUT2D eigenvalue weighted by atomic mass is 16.2. The van der Waals surface area contributed by atoms with Gasteiger partial charge in [-0.2, -0.15) is 0 Å². The average Bonchev–Trinajstić information content (AvgIpc) is 2.31. The third-order valence-corrected chi connectivity index (χ3v) is 1.82. The summed E-state index contributed by atoms with van der Waals surface area (Å²) in [5.74, 6) is 0.772. The van der Waals surface area contributed by atoms with Crippen LogP contribution in [0.4, 0.5) is 0 Å². The van der Waals surface area contributed by atoms with Gasteiger partial charge in [0, 0.05) is 6.54 Å². The van der Waals surface area contributed by atoms with Crippen LogP contribution in [0.2, 0.25) is 0 Å². The second-order valence-electron chi connectivity index (χ2n) is 3.43. The summed E-state index contributed by atoms with van der Waals surface area (Å²) in [6, 6.07) is 0.0670. The Labute approximate surface area is 67.5 Å². The van der Waals surface area contributed by atoms with Crippen molar-refractivity contribution in [3.05, 3.63) is 0 Å². The van der Waals surface area contributed by atoms with Crippen LogP contribution in [0, 0.1) is 5.92 Å². The second kappa shape index (κ2) is 3.72. The SMILES string of the molecule is CC(C)CN[C@H]1CCNC1=O. The van der Waals surface area contributed by atoms with Gasteiger partial charge in [0.05, 0.1) is 6.04 Å². The Morgan fingerprint density at radius 3 is 2.91 bits per heavy atom. The fourth-order valence-electron chi connectivity index (χ4n) is 1.17. The van der Waals surface area contributed by atoms with Gasteiger partial charge in [-0.3, -0.25) is 4.79 Å². The fraction of sp³-hybridized carbons (Fsp3) is 0.875. The van der Waals surface area contributed by atoms with Crippen LogP contribution < -0.4 is 10.6 Å². The van der Waals surface area contributed by atoms with E-state index in [1.54, 1.807) is 0 Å². The molecular formula is C8H16N2O. The van der Waals surface area contributed by atoms with Gasteiger partial charge in [-0.25, -0.2) is 0 Å². The van der Waals surface area contributed by atoms with Crippen molar-refractivity contribution in [3.8, 4) is 0 Å². The van der Waals surface area contributed by atoms with E-state index < -0.39 is 0 Å². The molecule has 64 valence electrons. The first-order valence-corrected chi connectivity index (χ1v) is 4.21. The minimum atomic E-state index is 0.0670. The van der Waals surface area contributed by atoms with Gasteiger partial charge in [0.15, 0.2) is 0 Å². The van der Waals surface area contributed by atoms with E-state index in [-0.39, 0.29) is 11.9 Å². The third kappa shape index (κ3) is 2.50. The summed E-state index contributed by atoms with van der Waals surface area (Å²) < 4.78 is 0. The van der Waals surface area contributed by atoms with Crippen molar-refractivity contribution in [2.45, 2.75) is 26.3 Å². The molecule has 2 N–H and O–H groups in total. The number of carbonyl (C=O) groups excluding carboxylic acids is 1. The highest BCUT2D eigenvalue weighted by Crippen LogP contribution is 2.00.